The van der Waals surface area contributed by atoms with Crippen LogP contribution in [0.3, 0.4) is 0 Å². The van der Waals surface area contributed by atoms with E-state index in [1.807, 2.05) is 0 Å². The molecule has 92 valence electrons. The van der Waals surface area contributed by atoms with Gasteiger partial charge in [-0.05, 0) is 5.41 Å². The van der Waals surface area contributed by atoms with Crippen LogP contribution in [0, 0.1) is 5.41 Å². The first kappa shape index (κ1) is 12.8. The van der Waals surface area contributed by atoms with Crippen LogP contribution in [0.1, 0.15) is 20.8 Å². The van der Waals surface area contributed by atoms with Crippen molar-refractivity contribution >= 4 is 12.0 Å². The molecule has 0 aliphatic carbocycles. The highest BCUT2D eigenvalue weighted by Gasteiger charge is 2.41. The first-order valence-electron chi connectivity index (χ1n) is 5.36. The predicted octanol–water partition coefficient (Wildman–Crippen LogP) is 0.941. The van der Waals surface area contributed by atoms with E-state index in [0.29, 0.717) is 6.54 Å². The smallest absolute Gasteiger partial charge is 0.325 e. The summed E-state index contributed by atoms with van der Waals surface area (Å²) in [5.41, 5.74) is 0.00921. The van der Waals surface area contributed by atoms with Gasteiger partial charge in [0.15, 0.2) is 0 Å². The lowest BCUT2D eigenvalue weighted by molar-refractivity contribution is -0.141. The number of ether oxygens (including phenoxy) is 1. The Morgan fingerprint density at radius 3 is 2.44 bits per heavy atom. The Kier molecular flexibility index (Phi) is 3.45. The van der Waals surface area contributed by atoms with Crippen LogP contribution in [-0.2, 0) is 9.53 Å². The number of urea groups is 1. The third kappa shape index (κ3) is 2.46. The molecule has 0 aromatic rings. The van der Waals surface area contributed by atoms with Gasteiger partial charge in [-0.25, -0.2) is 4.79 Å². The summed E-state index contributed by atoms with van der Waals surface area (Å²) in [6.07, 6.45) is 0. The summed E-state index contributed by atoms with van der Waals surface area (Å²) in [5, 5.41) is 0. The Bertz CT molecular complexity index is 296. The molecule has 0 aromatic heterocycles. The summed E-state index contributed by atoms with van der Waals surface area (Å²) >= 11 is 0. The molecule has 2 amide bonds. The van der Waals surface area contributed by atoms with Crippen molar-refractivity contribution in [2.24, 2.45) is 5.41 Å². The van der Waals surface area contributed by atoms with Crippen LogP contribution in [0.5, 0.6) is 0 Å². The Balaban J connectivity index is 2.72. The van der Waals surface area contributed by atoms with Gasteiger partial charge in [-0.1, -0.05) is 20.8 Å². The van der Waals surface area contributed by atoms with Crippen LogP contribution in [0.25, 0.3) is 0 Å². The van der Waals surface area contributed by atoms with E-state index in [1.165, 1.54) is 12.0 Å². The lowest BCUT2D eigenvalue weighted by Crippen LogP contribution is -2.39. The second-order valence-electron chi connectivity index (χ2n) is 5.23. The van der Waals surface area contributed by atoms with Gasteiger partial charge in [-0.3, -0.25) is 4.79 Å². The Morgan fingerprint density at radius 1 is 1.50 bits per heavy atom. The van der Waals surface area contributed by atoms with E-state index in [2.05, 4.69) is 25.5 Å². The number of nitrogens with zero attached hydrogens (tertiary/aromatic N) is 2. The molecule has 1 heterocycles. The molecule has 0 N–H and O–H groups in total. The maximum Gasteiger partial charge on any atom is 0.325 e. The molecule has 5 heteroatoms. The Morgan fingerprint density at radius 2 is 2.06 bits per heavy atom. The quantitative estimate of drug-likeness (QED) is 0.661. The van der Waals surface area contributed by atoms with Gasteiger partial charge in [-0.2, -0.15) is 0 Å². The highest BCUT2D eigenvalue weighted by molar-refractivity contribution is 5.82. The van der Waals surface area contributed by atoms with Crippen molar-refractivity contribution in [3.05, 3.63) is 0 Å². The van der Waals surface area contributed by atoms with Crippen LogP contribution in [0.15, 0.2) is 0 Å². The molecule has 0 spiro atoms. The van der Waals surface area contributed by atoms with Crippen molar-refractivity contribution < 1.29 is 14.3 Å². The second-order valence-corrected chi connectivity index (χ2v) is 5.23. The van der Waals surface area contributed by atoms with Crippen molar-refractivity contribution in [3.8, 4) is 0 Å². The molecule has 1 unspecified atom stereocenters. The minimum Gasteiger partial charge on any atom is -0.468 e. The topological polar surface area (TPSA) is 49.9 Å². The minimum atomic E-state index is -0.378. The predicted molar refractivity (Wildman–Crippen MR) is 60.0 cm³/mol. The number of hydrogen-bond acceptors (Lipinski definition) is 3. The van der Waals surface area contributed by atoms with E-state index >= 15 is 0 Å². The normalized spacial score (nSPS) is 21.6. The van der Waals surface area contributed by atoms with Gasteiger partial charge in [0.25, 0.3) is 0 Å². The summed E-state index contributed by atoms with van der Waals surface area (Å²) in [4.78, 5) is 26.2. The van der Waals surface area contributed by atoms with E-state index in [-0.39, 0.29) is 30.0 Å². The molecule has 0 radical (unpaired) electrons. The largest absolute Gasteiger partial charge is 0.468 e. The first-order valence-corrected chi connectivity index (χ1v) is 5.36. The third-order valence-corrected chi connectivity index (χ3v) is 2.98. The molecule has 1 saturated heterocycles. The number of amides is 2. The van der Waals surface area contributed by atoms with Crippen molar-refractivity contribution in [1.29, 1.82) is 0 Å². The van der Waals surface area contributed by atoms with E-state index < -0.39 is 0 Å². The average molecular weight is 228 g/mol. The van der Waals surface area contributed by atoms with Crippen LogP contribution in [0.2, 0.25) is 0 Å². The second kappa shape index (κ2) is 4.31. The lowest BCUT2D eigenvalue weighted by Gasteiger charge is -2.30. The summed E-state index contributed by atoms with van der Waals surface area (Å²) in [7, 11) is 3.10. The monoisotopic (exact) mass is 228 g/mol. The number of carbonyl (C=O) groups is 2. The molecule has 0 saturated carbocycles. The Labute approximate surface area is 96.3 Å². The zero-order valence-corrected chi connectivity index (χ0v) is 10.6. The number of esters is 1. The van der Waals surface area contributed by atoms with Crippen molar-refractivity contribution in [2.75, 3.05) is 27.2 Å². The van der Waals surface area contributed by atoms with Crippen molar-refractivity contribution in [3.63, 3.8) is 0 Å². The summed E-state index contributed by atoms with van der Waals surface area (Å²) < 4.78 is 4.57. The zero-order chi connectivity index (χ0) is 12.5. The third-order valence-electron chi connectivity index (χ3n) is 2.98. The summed E-state index contributed by atoms with van der Waals surface area (Å²) in [6, 6.07) is 0.0231. The van der Waals surface area contributed by atoms with E-state index in [0.717, 1.165) is 0 Å². The maximum absolute atomic E-state index is 11.9. The van der Waals surface area contributed by atoms with E-state index in [4.69, 9.17) is 0 Å². The van der Waals surface area contributed by atoms with Gasteiger partial charge < -0.3 is 14.5 Å². The van der Waals surface area contributed by atoms with Crippen molar-refractivity contribution in [2.45, 2.75) is 26.8 Å². The number of methoxy groups -OCH3 is 1. The standard InChI is InChI=1S/C11H20N2O3/c1-11(2,3)8-6-13(7-9(14)16-5)10(15)12(8)4/h8H,6-7H2,1-5H3. The van der Waals surface area contributed by atoms with Crippen LogP contribution < -0.4 is 0 Å². The van der Waals surface area contributed by atoms with Gasteiger partial charge in [0.05, 0.1) is 13.2 Å². The molecule has 16 heavy (non-hydrogen) atoms. The molecular weight excluding hydrogens is 208 g/mol. The van der Waals surface area contributed by atoms with Gasteiger partial charge >= 0.3 is 12.0 Å². The average Bonchev–Trinajstić information content (AvgIpc) is 2.45. The van der Waals surface area contributed by atoms with E-state index in [9.17, 15) is 9.59 Å². The SMILES string of the molecule is COC(=O)CN1CC(C(C)(C)C)N(C)C1=O. The zero-order valence-electron chi connectivity index (χ0n) is 10.6. The highest BCUT2D eigenvalue weighted by Crippen LogP contribution is 2.29. The minimum absolute atomic E-state index is 0.00921. The number of likely N-dealkylation sites (N-methyl/N-ethyl adjacent to an activating group) is 1. The number of hydrogen-bond donors (Lipinski definition) is 0. The molecule has 1 fully saturated rings. The van der Waals surface area contributed by atoms with Gasteiger partial charge in [0.1, 0.15) is 6.54 Å². The van der Waals surface area contributed by atoms with Crippen molar-refractivity contribution in [1.82, 2.24) is 9.80 Å². The van der Waals surface area contributed by atoms with Crippen LogP contribution in [0.4, 0.5) is 4.79 Å². The van der Waals surface area contributed by atoms with Gasteiger partial charge in [0, 0.05) is 13.6 Å². The fraction of sp³-hybridized carbons (Fsp3) is 0.818. The lowest BCUT2D eigenvalue weighted by atomic mass is 9.86. The van der Waals surface area contributed by atoms with Crippen LogP contribution >= 0.6 is 0 Å². The fourth-order valence-electron chi connectivity index (χ4n) is 1.97. The molecule has 1 aliphatic heterocycles. The molecular formula is C11H20N2O3. The Hall–Kier alpha value is -1.26. The molecule has 1 rings (SSSR count). The number of carbonyl (C=O) groups excluding carboxylic acids is 2. The first-order chi connectivity index (χ1) is 7.27. The molecule has 5 nitrogen and oxygen atoms in total. The molecule has 1 aliphatic rings. The highest BCUT2D eigenvalue weighted by atomic mass is 16.5. The van der Waals surface area contributed by atoms with Gasteiger partial charge in [0.2, 0.25) is 0 Å². The maximum atomic E-state index is 11.9. The summed E-state index contributed by atoms with van der Waals surface area (Å²) in [5.74, 6) is -0.378. The number of rotatable bonds is 2. The van der Waals surface area contributed by atoms with Crippen LogP contribution in [-0.4, -0.2) is 55.1 Å². The summed E-state index contributed by atoms with van der Waals surface area (Å²) in [6.45, 7) is 6.87. The molecule has 0 aromatic carbocycles. The molecule has 1 atom stereocenters. The van der Waals surface area contributed by atoms with Gasteiger partial charge in [-0.15, -0.1) is 0 Å². The molecule has 0 bridgehead atoms. The fourth-order valence-corrected chi connectivity index (χ4v) is 1.97. The van der Waals surface area contributed by atoms with E-state index in [1.54, 1.807) is 11.9 Å².